The third-order valence-corrected chi connectivity index (χ3v) is 2.88. The third-order valence-electron chi connectivity index (χ3n) is 2.42. The predicted molar refractivity (Wildman–Crippen MR) is 66.7 cm³/mol. The van der Waals surface area contributed by atoms with Gasteiger partial charge in [0.1, 0.15) is 0 Å². The summed E-state index contributed by atoms with van der Waals surface area (Å²) < 4.78 is 0. The Kier molecular flexibility index (Phi) is 4.52. The summed E-state index contributed by atoms with van der Waals surface area (Å²) in [7, 11) is 0. The molecule has 1 aromatic carbocycles. The Balaban J connectivity index is 2.94. The zero-order valence-electron chi connectivity index (χ0n) is 9.66. The van der Waals surface area contributed by atoms with Crippen molar-refractivity contribution in [3.63, 3.8) is 0 Å². The third kappa shape index (κ3) is 3.46. The molecule has 0 aliphatic carbocycles. The number of carbonyl (C=O) groups excluding carboxylic acids is 1. The first-order valence-corrected chi connectivity index (χ1v) is 5.70. The minimum Gasteiger partial charge on any atom is -0.478 e. The number of halogens is 1. The smallest absolute Gasteiger partial charge is 0.335 e. The molecular weight excluding hydrogens is 242 g/mol. The monoisotopic (exact) mass is 255 g/mol. The minimum absolute atomic E-state index is 0.143. The van der Waals surface area contributed by atoms with E-state index in [4.69, 9.17) is 16.7 Å². The van der Waals surface area contributed by atoms with Crippen molar-refractivity contribution >= 4 is 29.2 Å². The SMILES string of the molecule is Cc1ccc(C(=O)O)cc1NC(=O)C(C)CCl. The maximum absolute atomic E-state index is 11.6. The lowest BCUT2D eigenvalue weighted by atomic mass is 10.1. The molecule has 0 aliphatic heterocycles. The highest BCUT2D eigenvalue weighted by Crippen LogP contribution is 2.18. The van der Waals surface area contributed by atoms with Crippen LogP contribution in [0.5, 0.6) is 0 Å². The summed E-state index contributed by atoms with van der Waals surface area (Å²) in [5, 5.41) is 11.5. The fourth-order valence-electron chi connectivity index (χ4n) is 1.22. The number of aromatic carboxylic acids is 1. The Morgan fingerprint density at radius 2 is 2.12 bits per heavy atom. The van der Waals surface area contributed by atoms with Crippen molar-refractivity contribution in [2.45, 2.75) is 13.8 Å². The van der Waals surface area contributed by atoms with Crippen LogP contribution in [-0.2, 0) is 4.79 Å². The normalized spacial score (nSPS) is 11.9. The highest BCUT2D eigenvalue weighted by molar-refractivity contribution is 6.19. The molecule has 0 saturated heterocycles. The number of rotatable bonds is 4. The summed E-state index contributed by atoms with van der Waals surface area (Å²) in [6, 6.07) is 4.60. The first kappa shape index (κ1) is 13.5. The summed E-state index contributed by atoms with van der Waals surface area (Å²) in [6.07, 6.45) is 0. The molecule has 0 aromatic heterocycles. The van der Waals surface area contributed by atoms with E-state index in [0.29, 0.717) is 5.69 Å². The van der Waals surface area contributed by atoms with Crippen molar-refractivity contribution in [2.75, 3.05) is 11.2 Å². The van der Waals surface area contributed by atoms with Gasteiger partial charge in [-0.05, 0) is 24.6 Å². The van der Waals surface area contributed by atoms with Gasteiger partial charge in [0.05, 0.1) is 5.56 Å². The number of carboxylic acids is 1. The summed E-state index contributed by atoms with van der Waals surface area (Å²) in [4.78, 5) is 22.4. The topological polar surface area (TPSA) is 66.4 Å². The fraction of sp³-hybridized carbons (Fsp3) is 0.333. The molecule has 4 nitrogen and oxygen atoms in total. The summed E-state index contributed by atoms with van der Waals surface area (Å²) >= 11 is 5.58. The number of carbonyl (C=O) groups is 2. The molecular formula is C12H14ClNO3. The maximum atomic E-state index is 11.6. The van der Waals surface area contributed by atoms with Gasteiger partial charge in [0.25, 0.3) is 0 Å². The Morgan fingerprint density at radius 3 is 2.65 bits per heavy atom. The Morgan fingerprint density at radius 1 is 1.47 bits per heavy atom. The van der Waals surface area contributed by atoms with E-state index in [1.54, 1.807) is 19.9 Å². The molecule has 1 atom stereocenters. The highest BCUT2D eigenvalue weighted by Gasteiger charge is 2.13. The van der Waals surface area contributed by atoms with Crippen molar-refractivity contribution in [3.05, 3.63) is 29.3 Å². The number of hydrogen-bond acceptors (Lipinski definition) is 2. The summed E-state index contributed by atoms with van der Waals surface area (Å²) in [6.45, 7) is 3.51. The van der Waals surface area contributed by atoms with Crippen molar-refractivity contribution in [1.29, 1.82) is 0 Å². The molecule has 0 spiro atoms. The molecule has 17 heavy (non-hydrogen) atoms. The van der Waals surface area contributed by atoms with Crippen LogP contribution in [0, 0.1) is 12.8 Å². The quantitative estimate of drug-likeness (QED) is 0.813. The van der Waals surface area contributed by atoms with Crippen LogP contribution >= 0.6 is 11.6 Å². The average molecular weight is 256 g/mol. The Labute approximate surface area is 105 Å². The van der Waals surface area contributed by atoms with E-state index in [1.165, 1.54) is 12.1 Å². The van der Waals surface area contributed by atoms with Gasteiger partial charge in [-0.3, -0.25) is 4.79 Å². The summed E-state index contributed by atoms with van der Waals surface area (Å²) in [5.74, 6) is -1.33. The second-order valence-corrected chi connectivity index (χ2v) is 4.19. The van der Waals surface area contributed by atoms with Crippen LogP contribution < -0.4 is 5.32 Å². The van der Waals surface area contributed by atoms with Gasteiger partial charge in [-0.1, -0.05) is 13.0 Å². The van der Waals surface area contributed by atoms with Crippen molar-refractivity contribution in [2.24, 2.45) is 5.92 Å². The molecule has 5 heteroatoms. The largest absolute Gasteiger partial charge is 0.478 e. The number of aryl methyl sites for hydroxylation is 1. The van der Waals surface area contributed by atoms with Crippen LogP contribution in [0.1, 0.15) is 22.8 Å². The highest BCUT2D eigenvalue weighted by atomic mass is 35.5. The van der Waals surface area contributed by atoms with Crippen LogP contribution in [0.15, 0.2) is 18.2 Å². The van der Waals surface area contributed by atoms with E-state index in [0.717, 1.165) is 5.56 Å². The second-order valence-electron chi connectivity index (χ2n) is 3.88. The van der Waals surface area contributed by atoms with E-state index < -0.39 is 5.97 Å². The maximum Gasteiger partial charge on any atom is 0.335 e. The number of amides is 1. The second kappa shape index (κ2) is 5.68. The standard InChI is InChI=1S/C12H14ClNO3/c1-7-3-4-9(12(16)17)5-10(7)14-11(15)8(2)6-13/h3-5,8H,6H2,1-2H3,(H,14,15)(H,16,17). The molecule has 1 unspecified atom stereocenters. The first-order valence-electron chi connectivity index (χ1n) is 5.16. The van der Waals surface area contributed by atoms with Gasteiger partial charge >= 0.3 is 5.97 Å². The molecule has 2 N–H and O–H groups in total. The van der Waals surface area contributed by atoms with Crippen molar-refractivity contribution < 1.29 is 14.7 Å². The number of benzene rings is 1. The van der Waals surface area contributed by atoms with Crippen LogP contribution in [0.2, 0.25) is 0 Å². The summed E-state index contributed by atoms with van der Waals surface area (Å²) in [5.41, 5.74) is 1.46. The van der Waals surface area contributed by atoms with Crippen LogP contribution in [-0.4, -0.2) is 22.9 Å². The fourth-order valence-corrected chi connectivity index (χ4v) is 1.36. The zero-order chi connectivity index (χ0) is 13.0. The molecule has 0 radical (unpaired) electrons. The number of alkyl halides is 1. The van der Waals surface area contributed by atoms with Gasteiger partial charge in [0, 0.05) is 17.5 Å². The van der Waals surface area contributed by atoms with Crippen LogP contribution in [0.25, 0.3) is 0 Å². The molecule has 92 valence electrons. The van der Waals surface area contributed by atoms with Crippen LogP contribution in [0.4, 0.5) is 5.69 Å². The molecule has 1 amide bonds. The van der Waals surface area contributed by atoms with Gasteiger partial charge in [0.2, 0.25) is 5.91 Å². The van der Waals surface area contributed by atoms with E-state index in [1.807, 2.05) is 0 Å². The van der Waals surface area contributed by atoms with Gasteiger partial charge in [-0.25, -0.2) is 4.79 Å². The molecule has 0 heterocycles. The molecule has 0 fully saturated rings. The first-order chi connectivity index (χ1) is 7.95. The van der Waals surface area contributed by atoms with E-state index in [2.05, 4.69) is 5.32 Å². The lowest BCUT2D eigenvalue weighted by Gasteiger charge is -2.12. The average Bonchev–Trinajstić information content (AvgIpc) is 2.30. The number of carboxylic acid groups (broad SMARTS) is 1. The number of hydrogen-bond donors (Lipinski definition) is 2. The minimum atomic E-state index is -1.02. The van der Waals surface area contributed by atoms with E-state index in [-0.39, 0.29) is 23.3 Å². The lowest BCUT2D eigenvalue weighted by molar-refractivity contribution is -0.118. The Bertz CT molecular complexity index is 445. The molecule has 1 aromatic rings. The van der Waals surface area contributed by atoms with E-state index in [9.17, 15) is 9.59 Å². The van der Waals surface area contributed by atoms with Crippen molar-refractivity contribution in [1.82, 2.24) is 0 Å². The molecule has 0 saturated carbocycles. The van der Waals surface area contributed by atoms with Crippen molar-refractivity contribution in [3.8, 4) is 0 Å². The van der Waals surface area contributed by atoms with Gasteiger partial charge < -0.3 is 10.4 Å². The Hall–Kier alpha value is -1.55. The molecule has 0 aliphatic rings. The predicted octanol–water partition coefficient (Wildman–Crippen LogP) is 2.51. The van der Waals surface area contributed by atoms with Gasteiger partial charge in [-0.15, -0.1) is 11.6 Å². The number of nitrogens with one attached hydrogen (secondary N) is 1. The number of anilines is 1. The van der Waals surface area contributed by atoms with Crippen LogP contribution in [0.3, 0.4) is 0 Å². The lowest BCUT2D eigenvalue weighted by Crippen LogP contribution is -2.22. The molecule has 0 bridgehead atoms. The van der Waals surface area contributed by atoms with Gasteiger partial charge in [-0.2, -0.15) is 0 Å². The van der Waals surface area contributed by atoms with Gasteiger partial charge in [0.15, 0.2) is 0 Å². The zero-order valence-corrected chi connectivity index (χ0v) is 10.4. The van der Waals surface area contributed by atoms with E-state index >= 15 is 0 Å². The molecule has 1 rings (SSSR count).